The molecule has 2 N–H and O–H groups in total. The van der Waals surface area contributed by atoms with Crippen molar-refractivity contribution in [3.63, 3.8) is 0 Å². The van der Waals surface area contributed by atoms with Gasteiger partial charge in [-0.25, -0.2) is 0 Å². The molecule has 0 aliphatic heterocycles. The van der Waals surface area contributed by atoms with Gasteiger partial charge in [-0.15, -0.1) is 0 Å². The second kappa shape index (κ2) is 5.62. The van der Waals surface area contributed by atoms with Gasteiger partial charge >= 0.3 is 5.97 Å². The van der Waals surface area contributed by atoms with Crippen molar-refractivity contribution in [2.24, 2.45) is 5.92 Å². The lowest BCUT2D eigenvalue weighted by Gasteiger charge is -2.08. The van der Waals surface area contributed by atoms with E-state index in [4.69, 9.17) is 5.11 Å². The normalized spacial score (nSPS) is 16.9. The topological polar surface area (TPSA) is 66.4 Å². The summed E-state index contributed by atoms with van der Waals surface area (Å²) in [7, 11) is 0. The van der Waals surface area contributed by atoms with Gasteiger partial charge in [0.2, 0.25) is 5.91 Å². The summed E-state index contributed by atoms with van der Waals surface area (Å²) in [5, 5.41) is 11.0. The van der Waals surface area contributed by atoms with Crippen molar-refractivity contribution in [2.45, 2.75) is 38.5 Å². The Balaban J connectivity index is 2.02. The van der Waals surface area contributed by atoms with Crippen molar-refractivity contribution in [3.8, 4) is 0 Å². The molecule has 1 aliphatic rings. The summed E-state index contributed by atoms with van der Waals surface area (Å²) in [6.07, 6.45) is 5.70. The van der Waals surface area contributed by atoms with E-state index in [1.807, 2.05) is 0 Å². The summed E-state index contributed by atoms with van der Waals surface area (Å²) in [5.74, 6) is -0.709. The highest BCUT2D eigenvalue weighted by Gasteiger charge is 2.15. The van der Waals surface area contributed by atoms with Crippen molar-refractivity contribution in [1.82, 2.24) is 5.32 Å². The van der Waals surface area contributed by atoms with Crippen molar-refractivity contribution < 1.29 is 14.7 Å². The van der Waals surface area contributed by atoms with Gasteiger partial charge < -0.3 is 10.4 Å². The molecule has 80 valence electrons. The number of nitrogens with one attached hydrogen (secondary N) is 1. The van der Waals surface area contributed by atoms with Gasteiger partial charge in [0.1, 0.15) is 6.42 Å². The molecule has 0 aromatic carbocycles. The molecule has 4 heteroatoms. The zero-order chi connectivity index (χ0) is 10.4. The maximum Gasteiger partial charge on any atom is 0.312 e. The summed E-state index contributed by atoms with van der Waals surface area (Å²) >= 11 is 0. The Morgan fingerprint density at radius 1 is 1.29 bits per heavy atom. The Hall–Kier alpha value is -1.06. The van der Waals surface area contributed by atoms with E-state index < -0.39 is 12.4 Å². The lowest BCUT2D eigenvalue weighted by atomic mass is 10.0. The lowest BCUT2D eigenvalue weighted by molar-refractivity contribution is -0.140. The van der Waals surface area contributed by atoms with Crippen molar-refractivity contribution >= 4 is 11.9 Å². The average Bonchev–Trinajstić information content (AvgIpc) is 2.55. The maximum absolute atomic E-state index is 10.9. The molecule has 1 fully saturated rings. The van der Waals surface area contributed by atoms with E-state index in [0.29, 0.717) is 6.54 Å². The van der Waals surface area contributed by atoms with Crippen LogP contribution in [0.1, 0.15) is 38.5 Å². The number of carbonyl (C=O) groups excluding carboxylic acids is 1. The first kappa shape index (κ1) is 11.0. The lowest BCUT2D eigenvalue weighted by Crippen LogP contribution is -2.27. The van der Waals surface area contributed by atoms with Crippen LogP contribution in [0.25, 0.3) is 0 Å². The standard InChI is InChI=1S/C10H17NO3/c12-9(7-10(13)14)11-6-5-8-3-1-2-4-8/h8H,1-7H2,(H,11,12)(H,13,14). The van der Waals surface area contributed by atoms with Crippen LogP contribution in [0.3, 0.4) is 0 Å². The molecule has 0 aromatic heterocycles. The highest BCUT2D eigenvalue weighted by molar-refractivity contribution is 5.93. The van der Waals surface area contributed by atoms with Crippen LogP contribution in [0.2, 0.25) is 0 Å². The number of carbonyl (C=O) groups is 2. The maximum atomic E-state index is 10.9. The second-order valence-electron chi connectivity index (χ2n) is 3.86. The number of carboxylic acids is 1. The Bertz CT molecular complexity index is 209. The van der Waals surface area contributed by atoms with Crippen LogP contribution < -0.4 is 5.32 Å². The molecule has 0 radical (unpaired) electrons. The minimum Gasteiger partial charge on any atom is -0.481 e. The Kier molecular flexibility index (Phi) is 4.43. The molecule has 0 heterocycles. The van der Waals surface area contributed by atoms with Gasteiger partial charge in [-0.1, -0.05) is 25.7 Å². The highest BCUT2D eigenvalue weighted by Crippen LogP contribution is 2.26. The van der Waals surface area contributed by atoms with Crippen LogP contribution in [-0.4, -0.2) is 23.5 Å². The van der Waals surface area contributed by atoms with Gasteiger partial charge in [0.05, 0.1) is 0 Å². The molecule has 0 saturated heterocycles. The minimum atomic E-state index is -1.07. The number of hydrogen-bond donors (Lipinski definition) is 2. The zero-order valence-electron chi connectivity index (χ0n) is 8.29. The van der Waals surface area contributed by atoms with Crippen LogP contribution in [0.15, 0.2) is 0 Å². The molecule has 0 aromatic rings. The van der Waals surface area contributed by atoms with Crippen LogP contribution in [0.5, 0.6) is 0 Å². The molecule has 1 rings (SSSR count). The smallest absolute Gasteiger partial charge is 0.312 e. The van der Waals surface area contributed by atoms with Crippen LogP contribution in [0.4, 0.5) is 0 Å². The molecule has 0 unspecified atom stereocenters. The quantitative estimate of drug-likeness (QED) is 0.653. The molecule has 14 heavy (non-hydrogen) atoms. The summed E-state index contributed by atoms with van der Waals surface area (Å²) in [6.45, 7) is 0.622. The molecule has 1 aliphatic carbocycles. The first-order chi connectivity index (χ1) is 6.68. The van der Waals surface area contributed by atoms with E-state index in [9.17, 15) is 9.59 Å². The Morgan fingerprint density at radius 3 is 2.50 bits per heavy atom. The predicted molar refractivity (Wildman–Crippen MR) is 51.8 cm³/mol. The third kappa shape index (κ3) is 4.25. The monoisotopic (exact) mass is 199 g/mol. The van der Waals surface area contributed by atoms with Gasteiger partial charge in [0.25, 0.3) is 0 Å². The number of rotatable bonds is 5. The summed E-state index contributed by atoms with van der Waals surface area (Å²) in [5.41, 5.74) is 0. The van der Waals surface area contributed by atoms with E-state index in [1.165, 1.54) is 25.7 Å². The Morgan fingerprint density at radius 2 is 1.93 bits per heavy atom. The summed E-state index contributed by atoms with van der Waals surface area (Å²) < 4.78 is 0. The fourth-order valence-corrected chi connectivity index (χ4v) is 1.91. The van der Waals surface area contributed by atoms with Gasteiger partial charge in [0, 0.05) is 6.54 Å². The molecular formula is C10H17NO3. The number of carboxylic acid groups (broad SMARTS) is 1. The SMILES string of the molecule is O=C(O)CC(=O)NCCC1CCCC1. The minimum absolute atomic E-state index is 0.379. The van der Waals surface area contributed by atoms with Crippen molar-refractivity contribution in [2.75, 3.05) is 6.54 Å². The van der Waals surface area contributed by atoms with Crippen LogP contribution in [0, 0.1) is 5.92 Å². The predicted octanol–water partition coefficient (Wildman–Crippen LogP) is 1.16. The number of amides is 1. The third-order valence-corrected chi connectivity index (χ3v) is 2.66. The van der Waals surface area contributed by atoms with Crippen LogP contribution in [-0.2, 0) is 9.59 Å². The molecular weight excluding hydrogens is 182 g/mol. The van der Waals surface area contributed by atoms with E-state index >= 15 is 0 Å². The zero-order valence-corrected chi connectivity index (χ0v) is 8.29. The third-order valence-electron chi connectivity index (χ3n) is 2.66. The van der Waals surface area contributed by atoms with Gasteiger partial charge in [-0.2, -0.15) is 0 Å². The van der Waals surface area contributed by atoms with Crippen molar-refractivity contribution in [3.05, 3.63) is 0 Å². The molecule has 0 atom stereocenters. The molecule has 1 saturated carbocycles. The fourth-order valence-electron chi connectivity index (χ4n) is 1.91. The average molecular weight is 199 g/mol. The van der Waals surface area contributed by atoms with Crippen molar-refractivity contribution in [1.29, 1.82) is 0 Å². The van der Waals surface area contributed by atoms with E-state index in [1.54, 1.807) is 0 Å². The van der Waals surface area contributed by atoms with E-state index in [2.05, 4.69) is 5.32 Å². The van der Waals surface area contributed by atoms with E-state index in [-0.39, 0.29) is 5.91 Å². The van der Waals surface area contributed by atoms with E-state index in [0.717, 1.165) is 12.3 Å². The number of aliphatic carboxylic acids is 1. The summed E-state index contributed by atoms with van der Waals surface area (Å²) in [4.78, 5) is 21.1. The molecule has 4 nitrogen and oxygen atoms in total. The molecule has 0 bridgehead atoms. The van der Waals surface area contributed by atoms with Gasteiger partial charge in [-0.05, 0) is 12.3 Å². The fraction of sp³-hybridized carbons (Fsp3) is 0.800. The first-order valence-corrected chi connectivity index (χ1v) is 5.17. The largest absolute Gasteiger partial charge is 0.481 e. The van der Waals surface area contributed by atoms with Crippen LogP contribution >= 0.6 is 0 Å². The first-order valence-electron chi connectivity index (χ1n) is 5.17. The Labute approximate surface area is 83.7 Å². The number of hydrogen-bond acceptors (Lipinski definition) is 2. The molecule has 1 amide bonds. The van der Waals surface area contributed by atoms with Gasteiger partial charge in [-0.3, -0.25) is 9.59 Å². The van der Waals surface area contributed by atoms with Gasteiger partial charge in [0.15, 0.2) is 0 Å². The summed E-state index contributed by atoms with van der Waals surface area (Å²) in [6, 6.07) is 0. The highest BCUT2D eigenvalue weighted by atomic mass is 16.4. The second-order valence-corrected chi connectivity index (χ2v) is 3.86. The molecule has 0 spiro atoms.